The summed E-state index contributed by atoms with van der Waals surface area (Å²) in [6.07, 6.45) is 32.9. The fourth-order valence-electron chi connectivity index (χ4n) is 5.28. The molecule has 0 amide bonds. The average molecular weight is 359 g/mol. The Morgan fingerprint density at radius 3 is 1.77 bits per heavy atom. The molecule has 0 atom stereocenters. The monoisotopic (exact) mass is 358 g/mol. The van der Waals surface area contributed by atoms with E-state index >= 15 is 0 Å². The van der Waals surface area contributed by atoms with Crippen LogP contribution < -0.4 is 0 Å². The molecule has 0 heterocycles. The van der Waals surface area contributed by atoms with E-state index in [1.54, 1.807) is 0 Å². The molecular weight excluding hydrogens is 312 g/mol. The van der Waals surface area contributed by atoms with Crippen molar-refractivity contribution in [3.63, 3.8) is 0 Å². The Morgan fingerprint density at radius 2 is 1.19 bits per heavy atom. The smallest absolute Gasteiger partial charge is 0.0233 e. The third-order valence-electron chi connectivity index (χ3n) is 7.20. The highest BCUT2D eigenvalue weighted by Crippen LogP contribution is 2.35. The Bertz CT molecular complexity index is 375. The average Bonchev–Trinajstić information content (AvgIpc) is 2.68. The van der Waals surface area contributed by atoms with Gasteiger partial charge >= 0.3 is 0 Å². The predicted molar refractivity (Wildman–Crippen MR) is 117 cm³/mol. The lowest BCUT2D eigenvalue weighted by atomic mass is 9.78. The summed E-state index contributed by atoms with van der Waals surface area (Å²) in [5, 5.41) is 0. The second kappa shape index (κ2) is 13.6. The van der Waals surface area contributed by atoms with Crippen LogP contribution in [0.2, 0.25) is 0 Å². The minimum absolute atomic E-state index is 0.891. The minimum atomic E-state index is 0.891. The maximum Gasteiger partial charge on any atom is -0.0233 e. The van der Waals surface area contributed by atoms with E-state index in [0.717, 1.165) is 23.7 Å². The van der Waals surface area contributed by atoms with Gasteiger partial charge in [-0.05, 0) is 82.0 Å². The van der Waals surface area contributed by atoms with Gasteiger partial charge in [0.1, 0.15) is 0 Å². The highest BCUT2D eigenvalue weighted by atomic mass is 14.3. The Hall–Kier alpha value is -0.520. The third-order valence-corrected chi connectivity index (χ3v) is 7.20. The van der Waals surface area contributed by atoms with Crippen LogP contribution in [0.15, 0.2) is 24.3 Å². The first-order valence-electron chi connectivity index (χ1n) is 12.1. The summed E-state index contributed by atoms with van der Waals surface area (Å²) < 4.78 is 0. The maximum absolute atomic E-state index is 2.58. The van der Waals surface area contributed by atoms with Crippen molar-refractivity contribution in [3.05, 3.63) is 24.3 Å². The highest BCUT2D eigenvalue weighted by Gasteiger charge is 2.21. The second-order valence-electron chi connectivity index (χ2n) is 9.32. The molecule has 0 aromatic rings. The van der Waals surface area contributed by atoms with E-state index in [1.165, 1.54) is 103 Å². The number of unbranched alkanes of at least 4 members (excludes halogenated alkanes) is 2. The normalized spacial score (nSPS) is 30.4. The zero-order chi connectivity index (χ0) is 18.5. The number of hydrogen-bond donors (Lipinski definition) is 0. The molecule has 2 rings (SSSR count). The molecule has 0 aromatic carbocycles. The van der Waals surface area contributed by atoms with Gasteiger partial charge in [-0.3, -0.25) is 0 Å². The molecule has 0 aliphatic heterocycles. The molecule has 2 fully saturated rings. The van der Waals surface area contributed by atoms with Gasteiger partial charge in [-0.25, -0.2) is 0 Å². The fourth-order valence-corrected chi connectivity index (χ4v) is 5.28. The van der Waals surface area contributed by atoms with Crippen molar-refractivity contribution in [3.8, 4) is 0 Å². The first-order chi connectivity index (χ1) is 12.8. The van der Waals surface area contributed by atoms with Gasteiger partial charge in [-0.1, -0.05) is 82.6 Å². The quantitative estimate of drug-likeness (QED) is 0.255. The Kier molecular flexibility index (Phi) is 11.4. The van der Waals surface area contributed by atoms with Crippen molar-refractivity contribution in [2.45, 2.75) is 117 Å². The molecule has 150 valence electrons. The lowest BCUT2D eigenvalue weighted by molar-refractivity contribution is 0.249. The molecule has 2 saturated carbocycles. The van der Waals surface area contributed by atoms with E-state index in [4.69, 9.17) is 0 Å². The summed E-state index contributed by atoms with van der Waals surface area (Å²) in [7, 11) is 0. The van der Waals surface area contributed by atoms with E-state index in [1.807, 2.05) is 0 Å². The Balaban J connectivity index is 1.50. The molecule has 0 nitrogen and oxygen atoms in total. The molecule has 0 aromatic heterocycles. The van der Waals surface area contributed by atoms with Crippen molar-refractivity contribution >= 4 is 0 Å². The molecule has 0 bridgehead atoms. The van der Waals surface area contributed by atoms with Crippen LogP contribution in [0.25, 0.3) is 0 Å². The Morgan fingerprint density at radius 1 is 0.654 bits per heavy atom. The first kappa shape index (κ1) is 21.8. The number of rotatable bonds is 11. The van der Waals surface area contributed by atoms with Gasteiger partial charge < -0.3 is 0 Å². The molecule has 0 N–H and O–H groups in total. The molecule has 2 aliphatic rings. The molecule has 0 saturated heterocycles. The summed E-state index contributed by atoms with van der Waals surface area (Å²) >= 11 is 0. The molecule has 0 radical (unpaired) electrons. The van der Waals surface area contributed by atoms with Crippen LogP contribution in [-0.2, 0) is 0 Å². The largest absolute Gasteiger partial charge is 0.0917 e. The van der Waals surface area contributed by atoms with E-state index in [9.17, 15) is 0 Å². The van der Waals surface area contributed by atoms with E-state index in [2.05, 4.69) is 38.2 Å². The maximum atomic E-state index is 2.58. The molecule has 0 unspecified atom stereocenters. The van der Waals surface area contributed by atoms with Gasteiger partial charge in [-0.15, -0.1) is 0 Å². The van der Waals surface area contributed by atoms with Crippen molar-refractivity contribution in [2.75, 3.05) is 0 Å². The van der Waals surface area contributed by atoms with Crippen LogP contribution in [0.5, 0.6) is 0 Å². The standard InChI is InChI=1S/C26H46/c1-3-5-7-11-23-15-19-25(20-16-23)13-9-10-14-26-21-17-24(18-22-26)12-8-6-4-2/h3,5,9,13,23-26H,4,6-8,10-12,14-22H2,1-2H3/b5-3+,13-9+/t23-,24-,25-,26-. The second-order valence-corrected chi connectivity index (χ2v) is 9.32. The lowest BCUT2D eigenvalue weighted by Crippen LogP contribution is -2.14. The van der Waals surface area contributed by atoms with Crippen molar-refractivity contribution in [1.29, 1.82) is 0 Å². The van der Waals surface area contributed by atoms with Crippen LogP contribution in [0.1, 0.15) is 117 Å². The summed E-state index contributed by atoms with van der Waals surface area (Å²) in [6, 6.07) is 0. The highest BCUT2D eigenvalue weighted by molar-refractivity contribution is 4.92. The molecule has 26 heavy (non-hydrogen) atoms. The van der Waals surface area contributed by atoms with Gasteiger partial charge in [0.05, 0.1) is 0 Å². The van der Waals surface area contributed by atoms with E-state index in [-0.39, 0.29) is 0 Å². The number of hydrogen-bond acceptors (Lipinski definition) is 0. The van der Waals surface area contributed by atoms with Crippen molar-refractivity contribution < 1.29 is 0 Å². The SMILES string of the molecule is C/C=C/CC[C@H]1CC[C@H](/C=C/CC[C@H]2CC[C@H](CCCCC)CC2)CC1. The topological polar surface area (TPSA) is 0 Å². The molecular formula is C26H46. The zero-order valence-corrected chi connectivity index (χ0v) is 17.9. The van der Waals surface area contributed by atoms with Crippen LogP contribution in [0, 0.1) is 23.7 Å². The van der Waals surface area contributed by atoms with Crippen LogP contribution in [-0.4, -0.2) is 0 Å². The zero-order valence-electron chi connectivity index (χ0n) is 17.9. The van der Waals surface area contributed by atoms with E-state index < -0.39 is 0 Å². The van der Waals surface area contributed by atoms with Crippen LogP contribution >= 0.6 is 0 Å². The van der Waals surface area contributed by atoms with Crippen LogP contribution in [0.3, 0.4) is 0 Å². The predicted octanol–water partition coefficient (Wildman–Crippen LogP) is 8.87. The van der Waals surface area contributed by atoms with Gasteiger partial charge in [0, 0.05) is 0 Å². The molecule has 0 spiro atoms. The van der Waals surface area contributed by atoms with Gasteiger partial charge in [0.2, 0.25) is 0 Å². The summed E-state index contributed by atoms with van der Waals surface area (Å²) in [4.78, 5) is 0. The third kappa shape index (κ3) is 8.92. The van der Waals surface area contributed by atoms with Gasteiger partial charge in [0.15, 0.2) is 0 Å². The Labute approximate surface area is 164 Å². The van der Waals surface area contributed by atoms with Gasteiger partial charge in [-0.2, -0.15) is 0 Å². The summed E-state index contributed by atoms with van der Waals surface area (Å²) in [5.74, 6) is 3.99. The summed E-state index contributed by atoms with van der Waals surface area (Å²) in [5.41, 5.74) is 0. The van der Waals surface area contributed by atoms with E-state index in [0.29, 0.717) is 0 Å². The first-order valence-corrected chi connectivity index (χ1v) is 12.1. The van der Waals surface area contributed by atoms with Gasteiger partial charge in [0.25, 0.3) is 0 Å². The lowest BCUT2D eigenvalue weighted by Gasteiger charge is -2.28. The van der Waals surface area contributed by atoms with Crippen LogP contribution in [0.4, 0.5) is 0 Å². The summed E-state index contributed by atoms with van der Waals surface area (Å²) in [6.45, 7) is 4.46. The number of allylic oxidation sites excluding steroid dienone is 4. The van der Waals surface area contributed by atoms with Crippen molar-refractivity contribution in [1.82, 2.24) is 0 Å². The van der Waals surface area contributed by atoms with Crippen molar-refractivity contribution in [2.24, 2.45) is 23.7 Å². The molecule has 0 heteroatoms. The minimum Gasteiger partial charge on any atom is -0.0917 e. The fraction of sp³-hybridized carbons (Fsp3) is 0.846. The molecule has 2 aliphatic carbocycles.